The smallest absolute Gasteiger partial charge is 0.408 e. The molecular weight excluding hydrogens is 1150 g/mol. The highest BCUT2D eigenvalue weighted by Gasteiger charge is 2.54. The van der Waals surface area contributed by atoms with Crippen molar-refractivity contribution >= 4 is 76.8 Å². The van der Waals surface area contributed by atoms with Gasteiger partial charge in [-0.3, -0.25) is 38.8 Å². The van der Waals surface area contributed by atoms with Gasteiger partial charge in [-0.1, -0.05) is 45.9 Å². The van der Waals surface area contributed by atoms with Crippen LogP contribution >= 0.6 is 0 Å². The molecule has 7 amide bonds. The van der Waals surface area contributed by atoms with Gasteiger partial charge >= 0.3 is 18.2 Å². The van der Waals surface area contributed by atoms with Gasteiger partial charge in [-0.25, -0.2) is 14.4 Å². The number of carbonyl (C=O) groups excluding carboxylic acids is 9. The number of alkyl carbamates (subject to hydrolysis) is 2. The molecule has 1 spiro atoms. The van der Waals surface area contributed by atoms with Crippen LogP contribution in [0.2, 0.25) is 0 Å². The standard InChI is InChI=1S/C63H87N13O13/c1-34(2)49(73-59(84)88-61(5,6)7)54(81)75-29-15-21-44(75)46(77)31-36(17-13-27-68-57(64)65)51(78)70-37-23-25-41-47(32-37)86-48-33-38(24-26-42(48)63(41)40-19-12-11-18-39(40)56(83)87-63)71-52(79)43(20-14-28-69-58(66)67)72-53(80)45-22-16-30-76(45)55(82)50(35(3)4)74-60(85)89-62(8,9)10/h11-12,18-19,23-26,32-36,43-45,49-50H,13-17,20-22,27-31H2,1-10H3,(H,70,78)(H,71,79)(H,72,80)(H,73,84)(H,74,85)(H4,64,65,68)(H4,66,67,69)/t36-,43+,44+,45?,49+,50+,63?/m1/s1. The Balaban J connectivity index is 1.14. The average molecular weight is 1230 g/mol. The SMILES string of the molecule is CC(C)[C@H](NC(=O)OC(C)(C)C)C(=O)N1CCCC1C(=O)N[C@@H](CCCN=C(N)N)C(=O)Nc1ccc2c(c1)Oc1cc(NC(=O)[C@H](CCCN=C(N)N)CC(=O)[C@@H]3CCCN3C(=O)[C@@H](NC(=O)OC(C)(C)C)C(C)C)ccc1C21OC(=O)c2ccccc21. The zero-order chi connectivity index (χ0) is 65.3. The van der Waals surface area contributed by atoms with Gasteiger partial charge in [0.2, 0.25) is 29.5 Å². The number of guanidine groups is 2. The molecule has 3 aromatic carbocycles. The number of hydrogen-bond acceptors (Lipinski definition) is 15. The van der Waals surface area contributed by atoms with Crippen LogP contribution in [0.5, 0.6) is 11.5 Å². The van der Waals surface area contributed by atoms with E-state index in [0.717, 1.165) is 0 Å². The summed E-state index contributed by atoms with van der Waals surface area (Å²) in [4.78, 5) is 137. The molecule has 0 radical (unpaired) electrons. The normalized spacial score (nSPS) is 18.8. The summed E-state index contributed by atoms with van der Waals surface area (Å²) in [6.45, 7) is 18.2. The lowest BCUT2D eigenvalue weighted by molar-refractivity contribution is -0.141. The fraction of sp³-hybridized carbons (Fsp3) is 0.540. The van der Waals surface area contributed by atoms with E-state index in [1.165, 1.54) is 9.80 Å². The Kier molecular flexibility index (Phi) is 21.6. The van der Waals surface area contributed by atoms with Crippen LogP contribution in [0.15, 0.2) is 70.6 Å². The Labute approximate surface area is 518 Å². The van der Waals surface area contributed by atoms with Crippen LogP contribution in [0, 0.1) is 17.8 Å². The van der Waals surface area contributed by atoms with Crippen molar-refractivity contribution in [2.75, 3.05) is 36.8 Å². The van der Waals surface area contributed by atoms with Crippen LogP contribution in [-0.4, -0.2) is 143 Å². The molecule has 2 fully saturated rings. The van der Waals surface area contributed by atoms with E-state index in [1.807, 2.05) is 0 Å². The molecule has 4 aliphatic heterocycles. The number of likely N-dealkylation sites (tertiary alicyclic amines) is 2. The summed E-state index contributed by atoms with van der Waals surface area (Å²) in [6, 6.07) is 11.6. The van der Waals surface area contributed by atoms with E-state index in [9.17, 15) is 43.2 Å². The summed E-state index contributed by atoms with van der Waals surface area (Å²) in [7, 11) is 0. The third-order valence-corrected chi connectivity index (χ3v) is 15.6. The van der Waals surface area contributed by atoms with Crippen molar-refractivity contribution in [3.63, 3.8) is 0 Å². The third kappa shape index (κ3) is 16.8. The second-order valence-corrected chi connectivity index (χ2v) is 25.6. The number of ketones is 1. The molecule has 0 aromatic heterocycles. The minimum Gasteiger partial charge on any atom is -0.456 e. The second kappa shape index (κ2) is 28.5. The fourth-order valence-electron chi connectivity index (χ4n) is 11.5. The largest absolute Gasteiger partial charge is 0.456 e. The Bertz CT molecular complexity index is 3060. The van der Waals surface area contributed by atoms with E-state index in [-0.39, 0.29) is 104 Å². The molecule has 3 aromatic rings. The lowest BCUT2D eigenvalue weighted by Crippen LogP contribution is -2.57. The van der Waals surface area contributed by atoms with Crippen molar-refractivity contribution in [3.8, 4) is 11.5 Å². The summed E-state index contributed by atoms with van der Waals surface area (Å²) in [5, 5.41) is 14.1. The van der Waals surface area contributed by atoms with Crippen LogP contribution in [0.3, 0.4) is 0 Å². The Morgan fingerprint density at radius 3 is 1.63 bits per heavy atom. The number of Topliss-reactive ketones (excluding diaryl/α,β-unsaturated/α-hetero) is 1. The summed E-state index contributed by atoms with van der Waals surface area (Å²) in [6.07, 6.45) is 0.703. The number of nitrogens with zero attached hydrogens (tertiary/aromatic N) is 4. The van der Waals surface area contributed by atoms with Crippen LogP contribution in [-0.2, 0) is 48.6 Å². The molecule has 26 nitrogen and oxygen atoms in total. The number of nitrogens with two attached hydrogens (primary N) is 4. The number of rotatable bonds is 23. The van der Waals surface area contributed by atoms with E-state index < -0.39 is 101 Å². The predicted molar refractivity (Wildman–Crippen MR) is 332 cm³/mol. The quantitative estimate of drug-likeness (QED) is 0.0189. The summed E-state index contributed by atoms with van der Waals surface area (Å²) in [5.74, 6) is -5.21. The number of fused-ring (bicyclic) bond motifs is 6. The molecule has 2 saturated heterocycles. The molecule has 26 heteroatoms. The summed E-state index contributed by atoms with van der Waals surface area (Å²) >= 11 is 0. The van der Waals surface area contributed by atoms with Crippen LogP contribution in [0.25, 0.3) is 0 Å². The first-order chi connectivity index (χ1) is 41.9. The van der Waals surface area contributed by atoms with Crippen molar-refractivity contribution in [1.29, 1.82) is 0 Å². The highest BCUT2D eigenvalue weighted by Crippen LogP contribution is 2.57. The molecule has 4 heterocycles. The van der Waals surface area contributed by atoms with Gasteiger partial charge in [-0.2, -0.15) is 0 Å². The molecule has 0 bridgehead atoms. The van der Waals surface area contributed by atoms with Gasteiger partial charge in [-0.15, -0.1) is 0 Å². The molecule has 0 saturated carbocycles. The molecule has 89 heavy (non-hydrogen) atoms. The van der Waals surface area contributed by atoms with Gasteiger partial charge in [0.05, 0.1) is 11.6 Å². The Morgan fingerprint density at radius 1 is 0.640 bits per heavy atom. The van der Waals surface area contributed by atoms with E-state index in [0.29, 0.717) is 54.4 Å². The molecular formula is C63H87N13O13. The third-order valence-electron chi connectivity index (χ3n) is 15.6. The highest BCUT2D eigenvalue weighted by molar-refractivity contribution is 6.01. The van der Waals surface area contributed by atoms with Crippen LogP contribution in [0.4, 0.5) is 21.0 Å². The first kappa shape index (κ1) is 67.5. The number of ether oxygens (including phenoxy) is 4. The molecule has 482 valence electrons. The van der Waals surface area contributed by atoms with Crippen LogP contribution in [0.1, 0.15) is 154 Å². The van der Waals surface area contributed by atoms with Crippen LogP contribution < -0.4 is 54.3 Å². The molecule has 4 aliphatic rings. The van der Waals surface area contributed by atoms with Gasteiger partial charge in [0, 0.05) is 78.7 Å². The maximum Gasteiger partial charge on any atom is 0.408 e. The number of esters is 1. The Morgan fingerprint density at radius 2 is 1.12 bits per heavy atom. The fourth-order valence-corrected chi connectivity index (χ4v) is 11.5. The van der Waals surface area contributed by atoms with E-state index >= 15 is 0 Å². The van der Waals surface area contributed by atoms with Crippen molar-refractivity contribution in [2.45, 2.75) is 174 Å². The number of hydrogen-bond donors (Lipinski definition) is 9. The predicted octanol–water partition coefficient (Wildman–Crippen LogP) is 5.38. The van der Waals surface area contributed by atoms with E-state index in [2.05, 4.69) is 36.6 Å². The summed E-state index contributed by atoms with van der Waals surface area (Å²) < 4.78 is 23.9. The number of amides is 7. The highest BCUT2D eigenvalue weighted by atomic mass is 16.6. The summed E-state index contributed by atoms with van der Waals surface area (Å²) in [5.41, 5.74) is 21.3. The van der Waals surface area contributed by atoms with Gasteiger partial charge in [0.25, 0.3) is 0 Å². The zero-order valence-corrected chi connectivity index (χ0v) is 52.5. The molecule has 13 N–H and O–H groups in total. The Hall–Kier alpha value is -8.97. The molecule has 0 aliphatic carbocycles. The second-order valence-electron chi connectivity index (χ2n) is 25.6. The number of anilines is 2. The number of carbonyl (C=O) groups is 9. The van der Waals surface area contributed by atoms with Crippen molar-refractivity contribution in [2.24, 2.45) is 50.7 Å². The molecule has 7 rings (SSSR count). The lowest BCUT2D eigenvalue weighted by Gasteiger charge is -2.37. The number of aliphatic imine (C=N–C) groups is 2. The average Bonchev–Trinajstić information content (AvgIpc) is 1.65. The lowest BCUT2D eigenvalue weighted by atomic mass is 9.77. The number of benzene rings is 3. The monoisotopic (exact) mass is 1230 g/mol. The van der Waals surface area contributed by atoms with Gasteiger partial charge in [-0.05, 0) is 135 Å². The van der Waals surface area contributed by atoms with Gasteiger partial charge in [0.15, 0.2) is 23.3 Å². The topological polar surface area (TPSA) is 386 Å². The van der Waals surface area contributed by atoms with E-state index in [4.69, 9.17) is 41.9 Å². The van der Waals surface area contributed by atoms with Crippen molar-refractivity contribution in [1.82, 2.24) is 25.8 Å². The van der Waals surface area contributed by atoms with Gasteiger partial charge < -0.3 is 78.3 Å². The maximum atomic E-state index is 14.6. The zero-order valence-electron chi connectivity index (χ0n) is 52.5. The first-order valence-electron chi connectivity index (χ1n) is 30.3. The maximum absolute atomic E-state index is 14.6. The number of nitrogens with one attached hydrogen (secondary N) is 5. The molecule has 2 unspecified atom stereocenters. The van der Waals surface area contributed by atoms with E-state index in [1.54, 1.807) is 130 Å². The molecule has 7 atom stereocenters. The first-order valence-corrected chi connectivity index (χ1v) is 30.3. The minimum absolute atomic E-state index is 0.0702. The minimum atomic E-state index is -1.58. The van der Waals surface area contributed by atoms with Crippen molar-refractivity contribution < 1.29 is 62.1 Å². The van der Waals surface area contributed by atoms with Gasteiger partial charge in [0.1, 0.15) is 46.9 Å². The van der Waals surface area contributed by atoms with Crippen molar-refractivity contribution in [3.05, 3.63) is 82.9 Å².